The van der Waals surface area contributed by atoms with Gasteiger partial charge in [0.2, 0.25) is 5.16 Å². The number of furan rings is 1. The molecule has 0 saturated heterocycles. The van der Waals surface area contributed by atoms with E-state index < -0.39 is 11.9 Å². The number of ether oxygens (including phenoxy) is 2. The number of nitrogens with one attached hydrogen (secondary N) is 1. The number of methoxy groups -OCH3 is 2. The van der Waals surface area contributed by atoms with E-state index in [0.29, 0.717) is 34.2 Å². The Balaban J connectivity index is 1.59. The quantitative estimate of drug-likeness (QED) is 0.222. The average Bonchev–Trinajstić information content (AvgIpc) is 3.53. The maximum Gasteiger partial charge on any atom is 0.342 e. The van der Waals surface area contributed by atoms with Crippen LogP contribution in [0, 0.1) is 0 Å². The lowest BCUT2D eigenvalue weighted by atomic mass is 10.1. The third kappa shape index (κ3) is 5.36. The maximum atomic E-state index is 11.9. The number of aromatic amines is 1. The molecule has 4 rings (SSSR count). The van der Waals surface area contributed by atoms with Crippen LogP contribution in [0.25, 0.3) is 28.8 Å². The van der Waals surface area contributed by atoms with Crippen LogP contribution < -0.4 is 9.47 Å². The van der Waals surface area contributed by atoms with Crippen LogP contribution in [0.5, 0.6) is 11.5 Å². The number of hydrogen-bond acceptors (Lipinski definition) is 8. The SMILES string of the molecule is COc1cc(OC)cc(-c2nc(S/C(=C\c3ccc(-c4ccccc4C(=O)O)o3)C(=O)O)n[nH]2)c1. The molecule has 4 aromatic rings. The first-order valence-electron chi connectivity index (χ1n) is 10.1. The zero-order valence-corrected chi connectivity index (χ0v) is 19.3. The minimum Gasteiger partial charge on any atom is -0.497 e. The molecule has 0 fully saturated rings. The fraction of sp³-hybridized carbons (Fsp3) is 0.0833. The lowest BCUT2D eigenvalue weighted by molar-refractivity contribution is -0.131. The summed E-state index contributed by atoms with van der Waals surface area (Å²) in [5.74, 6) is -0.226. The van der Waals surface area contributed by atoms with Crippen molar-refractivity contribution in [2.24, 2.45) is 0 Å². The molecular weight excluding hydrogens is 474 g/mol. The van der Waals surface area contributed by atoms with Crippen molar-refractivity contribution < 1.29 is 33.7 Å². The monoisotopic (exact) mass is 493 g/mol. The van der Waals surface area contributed by atoms with Crippen molar-refractivity contribution in [3.8, 4) is 34.2 Å². The van der Waals surface area contributed by atoms with E-state index in [2.05, 4.69) is 15.2 Å². The predicted molar refractivity (Wildman–Crippen MR) is 127 cm³/mol. The summed E-state index contributed by atoms with van der Waals surface area (Å²) in [6, 6.07) is 14.7. The van der Waals surface area contributed by atoms with Crippen molar-refractivity contribution in [3.05, 3.63) is 70.8 Å². The zero-order valence-electron chi connectivity index (χ0n) is 18.5. The fourth-order valence-electron chi connectivity index (χ4n) is 3.19. The van der Waals surface area contributed by atoms with Gasteiger partial charge >= 0.3 is 11.9 Å². The summed E-state index contributed by atoms with van der Waals surface area (Å²) in [4.78, 5) is 27.6. The molecule has 0 bridgehead atoms. The number of carboxylic acid groups (broad SMARTS) is 2. The highest BCUT2D eigenvalue weighted by Crippen LogP contribution is 2.32. The van der Waals surface area contributed by atoms with Gasteiger partial charge in [-0.15, -0.1) is 5.10 Å². The molecule has 0 amide bonds. The molecule has 0 aliphatic heterocycles. The lowest BCUT2D eigenvalue weighted by Crippen LogP contribution is -1.98. The number of aliphatic carboxylic acids is 1. The summed E-state index contributed by atoms with van der Waals surface area (Å²) >= 11 is 0.832. The molecule has 2 heterocycles. The molecule has 0 aliphatic rings. The minimum atomic E-state index is -1.20. The van der Waals surface area contributed by atoms with Crippen LogP contribution in [0.15, 0.2) is 69.1 Å². The maximum absolute atomic E-state index is 11.9. The Labute approximate surface area is 203 Å². The van der Waals surface area contributed by atoms with E-state index in [-0.39, 0.29) is 21.4 Å². The summed E-state index contributed by atoms with van der Waals surface area (Å²) in [5, 5.41) is 26.1. The van der Waals surface area contributed by atoms with E-state index in [1.54, 1.807) is 48.5 Å². The number of benzene rings is 2. The number of carbonyl (C=O) groups is 2. The molecule has 35 heavy (non-hydrogen) atoms. The second-order valence-electron chi connectivity index (χ2n) is 7.04. The van der Waals surface area contributed by atoms with Gasteiger partial charge in [-0.05, 0) is 42.1 Å². The fourth-order valence-corrected chi connectivity index (χ4v) is 3.87. The van der Waals surface area contributed by atoms with Gasteiger partial charge in [0.25, 0.3) is 0 Å². The first-order valence-corrected chi connectivity index (χ1v) is 10.9. The van der Waals surface area contributed by atoms with Gasteiger partial charge in [-0.3, -0.25) is 5.10 Å². The molecule has 3 N–H and O–H groups in total. The molecule has 10 nitrogen and oxygen atoms in total. The van der Waals surface area contributed by atoms with Crippen LogP contribution in [0.2, 0.25) is 0 Å². The normalized spacial score (nSPS) is 11.3. The van der Waals surface area contributed by atoms with E-state index in [1.165, 1.54) is 26.4 Å². The first kappa shape index (κ1) is 23.6. The number of aromatic nitrogens is 3. The van der Waals surface area contributed by atoms with E-state index in [0.717, 1.165) is 11.8 Å². The lowest BCUT2D eigenvalue weighted by Gasteiger charge is -2.06. The molecule has 178 valence electrons. The third-order valence-electron chi connectivity index (χ3n) is 4.82. The number of H-pyrrole nitrogens is 1. The standard InChI is InChI=1S/C24H19N3O7S/c1-32-15-9-13(10-16(11-15)33-2)21-25-24(27-26-21)35-20(23(30)31)12-14-7-8-19(34-14)17-5-3-4-6-18(17)22(28)29/h3-12H,1-2H3,(H,28,29)(H,30,31)(H,25,26,27)/b20-12-. The van der Waals surface area contributed by atoms with Gasteiger partial charge in [0.1, 0.15) is 27.9 Å². The largest absolute Gasteiger partial charge is 0.497 e. The highest BCUT2D eigenvalue weighted by molar-refractivity contribution is 8.04. The molecule has 2 aromatic heterocycles. The van der Waals surface area contributed by atoms with Crippen LogP contribution in [-0.4, -0.2) is 51.6 Å². The van der Waals surface area contributed by atoms with Crippen molar-refractivity contribution in [1.29, 1.82) is 0 Å². The number of thioether (sulfide) groups is 1. The van der Waals surface area contributed by atoms with E-state index >= 15 is 0 Å². The van der Waals surface area contributed by atoms with Crippen molar-refractivity contribution >= 4 is 29.8 Å². The van der Waals surface area contributed by atoms with Gasteiger partial charge in [0, 0.05) is 23.3 Å². The second-order valence-corrected chi connectivity index (χ2v) is 8.05. The Morgan fingerprint density at radius 3 is 2.40 bits per heavy atom. The summed E-state index contributed by atoms with van der Waals surface area (Å²) in [5.41, 5.74) is 1.11. The smallest absolute Gasteiger partial charge is 0.342 e. The van der Waals surface area contributed by atoms with Crippen molar-refractivity contribution in [1.82, 2.24) is 15.2 Å². The Morgan fingerprint density at radius 1 is 1.03 bits per heavy atom. The topological polar surface area (TPSA) is 148 Å². The van der Waals surface area contributed by atoms with Crippen LogP contribution in [0.1, 0.15) is 16.1 Å². The van der Waals surface area contributed by atoms with Gasteiger partial charge in [0.15, 0.2) is 5.82 Å². The molecule has 0 atom stereocenters. The van der Waals surface area contributed by atoms with Gasteiger partial charge in [0.05, 0.1) is 19.8 Å². The van der Waals surface area contributed by atoms with Crippen LogP contribution in [0.4, 0.5) is 0 Å². The van der Waals surface area contributed by atoms with Crippen LogP contribution in [0.3, 0.4) is 0 Å². The van der Waals surface area contributed by atoms with Gasteiger partial charge in [-0.1, -0.05) is 18.2 Å². The highest BCUT2D eigenvalue weighted by Gasteiger charge is 2.18. The van der Waals surface area contributed by atoms with E-state index in [9.17, 15) is 19.8 Å². The predicted octanol–water partition coefficient (Wildman–Crippen LogP) is 4.66. The Kier molecular flexibility index (Phi) is 6.88. The number of aromatic carboxylic acids is 1. The summed E-state index contributed by atoms with van der Waals surface area (Å²) in [6.45, 7) is 0. The van der Waals surface area contributed by atoms with Crippen molar-refractivity contribution in [2.45, 2.75) is 5.16 Å². The molecule has 0 radical (unpaired) electrons. The number of nitrogens with zero attached hydrogens (tertiary/aromatic N) is 2. The minimum absolute atomic E-state index is 0.0765. The summed E-state index contributed by atoms with van der Waals surface area (Å²) < 4.78 is 16.2. The molecule has 2 aromatic carbocycles. The molecule has 0 aliphatic carbocycles. The van der Waals surface area contributed by atoms with Gasteiger partial charge < -0.3 is 24.1 Å². The molecular formula is C24H19N3O7S. The average molecular weight is 493 g/mol. The summed E-state index contributed by atoms with van der Waals surface area (Å²) in [7, 11) is 3.06. The second kappa shape index (κ2) is 10.2. The number of hydrogen-bond donors (Lipinski definition) is 3. The Morgan fingerprint density at radius 2 is 1.74 bits per heavy atom. The Hall–Kier alpha value is -4.51. The van der Waals surface area contributed by atoms with Gasteiger partial charge in [-0.25, -0.2) is 14.6 Å². The van der Waals surface area contributed by atoms with E-state index in [1.807, 2.05) is 0 Å². The Bertz CT molecular complexity index is 1400. The molecule has 0 spiro atoms. The van der Waals surface area contributed by atoms with Crippen LogP contribution in [-0.2, 0) is 4.79 Å². The first-order chi connectivity index (χ1) is 16.9. The number of rotatable bonds is 9. The highest BCUT2D eigenvalue weighted by atomic mass is 32.2. The molecule has 11 heteroatoms. The van der Waals surface area contributed by atoms with Crippen molar-refractivity contribution in [2.75, 3.05) is 14.2 Å². The number of carboxylic acids is 2. The van der Waals surface area contributed by atoms with Gasteiger partial charge in [-0.2, -0.15) is 0 Å². The van der Waals surface area contributed by atoms with E-state index in [4.69, 9.17) is 13.9 Å². The molecule has 0 saturated carbocycles. The third-order valence-corrected chi connectivity index (χ3v) is 5.70. The summed E-state index contributed by atoms with van der Waals surface area (Å²) in [6.07, 6.45) is 1.32. The van der Waals surface area contributed by atoms with Crippen LogP contribution >= 0.6 is 11.8 Å². The van der Waals surface area contributed by atoms with Crippen molar-refractivity contribution in [3.63, 3.8) is 0 Å². The molecule has 0 unspecified atom stereocenters. The zero-order chi connectivity index (χ0) is 24.9.